The molecule has 0 saturated carbocycles. The van der Waals surface area contributed by atoms with Gasteiger partial charge in [-0.1, -0.05) is 12.1 Å². The van der Waals surface area contributed by atoms with Gasteiger partial charge >= 0.3 is 6.18 Å². The van der Waals surface area contributed by atoms with Crippen molar-refractivity contribution in [2.75, 3.05) is 37.6 Å². The van der Waals surface area contributed by atoms with Gasteiger partial charge in [0.25, 0.3) is 0 Å². The number of anilines is 1. The molecule has 2 saturated heterocycles. The third-order valence-electron chi connectivity index (χ3n) is 8.02. The Balaban J connectivity index is 1.36. The van der Waals surface area contributed by atoms with Crippen LogP contribution >= 0.6 is 0 Å². The molecular weight excluding hydrogens is 501 g/mol. The van der Waals surface area contributed by atoms with Crippen molar-refractivity contribution in [1.29, 1.82) is 0 Å². The van der Waals surface area contributed by atoms with E-state index in [-0.39, 0.29) is 36.9 Å². The summed E-state index contributed by atoms with van der Waals surface area (Å²) in [5, 5.41) is 10.7. The molecule has 38 heavy (non-hydrogen) atoms. The quantitative estimate of drug-likeness (QED) is 0.506. The van der Waals surface area contributed by atoms with E-state index in [0.717, 1.165) is 5.39 Å². The zero-order valence-corrected chi connectivity index (χ0v) is 20.3. The summed E-state index contributed by atoms with van der Waals surface area (Å²) >= 11 is 0. The van der Waals surface area contributed by atoms with E-state index in [0.29, 0.717) is 48.3 Å². The van der Waals surface area contributed by atoms with Gasteiger partial charge in [0.15, 0.2) is 0 Å². The molecule has 2 amide bonds. The molecule has 0 radical (unpaired) electrons. The highest BCUT2D eigenvalue weighted by Crippen LogP contribution is 2.49. The van der Waals surface area contributed by atoms with Crippen LogP contribution in [0.5, 0.6) is 0 Å². The van der Waals surface area contributed by atoms with Crippen molar-refractivity contribution in [3.05, 3.63) is 53.5 Å². The van der Waals surface area contributed by atoms with E-state index >= 15 is 0 Å². The fourth-order valence-electron chi connectivity index (χ4n) is 6.00. The SMILES string of the molecule is O=C(c1cc2cn[nH]c2cn1)c1cccc2c1C1(CCNCC1)C(=O)N2CC(=O)N1CC[C@@H](C(F)(F)F)C1. The summed E-state index contributed by atoms with van der Waals surface area (Å²) in [5.74, 6) is -2.75. The molecule has 3 aromatic rings. The van der Waals surface area contributed by atoms with Gasteiger partial charge in [-0.25, -0.2) is 0 Å². The number of amides is 2. The highest BCUT2D eigenvalue weighted by atomic mass is 19.4. The molecule has 5 heterocycles. The summed E-state index contributed by atoms with van der Waals surface area (Å²) in [6, 6.07) is 6.66. The molecule has 6 rings (SSSR count). The van der Waals surface area contributed by atoms with Crippen molar-refractivity contribution in [3.63, 3.8) is 0 Å². The summed E-state index contributed by atoms with van der Waals surface area (Å²) < 4.78 is 39.5. The van der Waals surface area contributed by atoms with E-state index < -0.39 is 30.0 Å². The van der Waals surface area contributed by atoms with E-state index in [4.69, 9.17) is 0 Å². The Morgan fingerprint density at radius 1 is 1.16 bits per heavy atom. The van der Waals surface area contributed by atoms with Crippen LogP contribution in [-0.2, 0) is 15.0 Å². The summed E-state index contributed by atoms with van der Waals surface area (Å²) in [6.45, 7) is 0.311. The van der Waals surface area contributed by atoms with Gasteiger partial charge in [0.05, 0.1) is 29.2 Å². The second kappa shape index (κ2) is 8.90. The predicted octanol–water partition coefficient (Wildman–Crippen LogP) is 2.57. The van der Waals surface area contributed by atoms with E-state index in [9.17, 15) is 27.6 Å². The first kappa shape index (κ1) is 24.5. The number of alkyl halides is 3. The number of carbonyl (C=O) groups excluding carboxylic acids is 3. The summed E-state index contributed by atoms with van der Waals surface area (Å²) in [6.07, 6.45) is -0.533. The lowest BCUT2D eigenvalue weighted by Crippen LogP contribution is -2.50. The molecule has 2 aromatic heterocycles. The number of aromatic amines is 1. The first-order chi connectivity index (χ1) is 18.2. The number of hydrogen-bond acceptors (Lipinski definition) is 6. The van der Waals surface area contributed by atoms with Gasteiger partial charge < -0.3 is 15.1 Å². The number of rotatable bonds is 4. The lowest BCUT2D eigenvalue weighted by molar-refractivity contribution is -0.171. The molecule has 3 aliphatic rings. The Bertz CT molecular complexity index is 1450. The second-order valence-electron chi connectivity index (χ2n) is 10.1. The fourth-order valence-corrected chi connectivity index (χ4v) is 6.00. The van der Waals surface area contributed by atoms with Crippen molar-refractivity contribution in [2.45, 2.75) is 30.9 Å². The predicted molar refractivity (Wildman–Crippen MR) is 131 cm³/mol. The normalized spacial score (nSPS) is 20.9. The average Bonchev–Trinajstić information content (AvgIpc) is 3.64. The first-order valence-electron chi connectivity index (χ1n) is 12.5. The molecule has 0 bridgehead atoms. The Hall–Kier alpha value is -3.80. The average molecular weight is 527 g/mol. The van der Waals surface area contributed by atoms with Crippen molar-refractivity contribution >= 4 is 34.2 Å². The van der Waals surface area contributed by atoms with Gasteiger partial charge in [0.1, 0.15) is 12.2 Å². The lowest BCUT2D eigenvalue weighted by atomic mass is 9.72. The summed E-state index contributed by atoms with van der Waals surface area (Å²) in [7, 11) is 0. The van der Waals surface area contributed by atoms with E-state index in [1.807, 2.05) is 0 Å². The van der Waals surface area contributed by atoms with Crippen LogP contribution in [0.2, 0.25) is 0 Å². The summed E-state index contributed by atoms with van der Waals surface area (Å²) in [5.41, 5.74) is 1.23. The number of nitrogens with zero attached hydrogens (tertiary/aromatic N) is 4. The zero-order valence-electron chi connectivity index (χ0n) is 20.3. The van der Waals surface area contributed by atoms with Crippen molar-refractivity contribution in [1.82, 2.24) is 25.4 Å². The topological polar surface area (TPSA) is 111 Å². The maximum atomic E-state index is 14.0. The molecule has 2 fully saturated rings. The number of halogens is 3. The number of piperidine rings is 1. The largest absolute Gasteiger partial charge is 0.393 e. The zero-order chi connectivity index (χ0) is 26.7. The molecule has 0 aliphatic carbocycles. The monoisotopic (exact) mass is 526 g/mol. The number of nitrogens with one attached hydrogen (secondary N) is 2. The number of ketones is 1. The Labute approximate surface area is 215 Å². The maximum Gasteiger partial charge on any atom is 0.393 e. The van der Waals surface area contributed by atoms with Gasteiger partial charge in [-0.05, 0) is 44.5 Å². The Kier molecular flexibility index (Phi) is 5.74. The smallest absolute Gasteiger partial charge is 0.341 e. The van der Waals surface area contributed by atoms with Crippen LogP contribution < -0.4 is 10.2 Å². The van der Waals surface area contributed by atoms with E-state index in [1.165, 1.54) is 16.0 Å². The number of fused-ring (bicyclic) bond motifs is 3. The van der Waals surface area contributed by atoms with Gasteiger partial charge in [0, 0.05) is 35.3 Å². The molecule has 0 unspecified atom stereocenters. The maximum absolute atomic E-state index is 14.0. The minimum atomic E-state index is -4.37. The van der Waals surface area contributed by atoms with Crippen LogP contribution in [0, 0.1) is 5.92 Å². The van der Waals surface area contributed by atoms with Crippen LogP contribution in [0.15, 0.2) is 36.7 Å². The molecular formula is C26H25F3N6O3. The number of pyridine rings is 1. The number of likely N-dealkylation sites (tertiary alicyclic amines) is 1. The molecule has 2 N–H and O–H groups in total. The van der Waals surface area contributed by atoms with Gasteiger partial charge in [-0.3, -0.25) is 24.5 Å². The molecule has 12 heteroatoms. The minimum absolute atomic E-state index is 0.00630. The van der Waals surface area contributed by atoms with Gasteiger partial charge in [0.2, 0.25) is 17.6 Å². The number of H-pyrrole nitrogens is 1. The number of benzene rings is 1. The van der Waals surface area contributed by atoms with Crippen molar-refractivity contribution < 1.29 is 27.6 Å². The Morgan fingerprint density at radius 3 is 2.68 bits per heavy atom. The molecule has 1 atom stereocenters. The highest BCUT2D eigenvalue weighted by Gasteiger charge is 2.54. The molecule has 9 nitrogen and oxygen atoms in total. The van der Waals surface area contributed by atoms with Crippen molar-refractivity contribution in [3.8, 4) is 0 Å². The highest BCUT2D eigenvalue weighted by molar-refractivity contribution is 6.17. The van der Waals surface area contributed by atoms with Crippen LogP contribution in [-0.4, -0.2) is 76.6 Å². The summed E-state index contributed by atoms with van der Waals surface area (Å²) in [4.78, 5) is 47.7. The molecule has 1 spiro atoms. The molecule has 1 aromatic carbocycles. The Morgan fingerprint density at radius 2 is 1.95 bits per heavy atom. The lowest BCUT2D eigenvalue weighted by Gasteiger charge is -2.34. The second-order valence-corrected chi connectivity index (χ2v) is 10.1. The van der Waals surface area contributed by atoms with Gasteiger partial charge in [-0.15, -0.1) is 0 Å². The molecule has 3 aliphatic heterocycles. The molecule has 198 valence electrons. The standard InChI is InChI=1S/C26H25F3N6O3/c27-26(28,29)16-4-9-34(13-16)21(36)14-35-20-3-1-2-17(22(20)25(24(35)38)5-7-30-8-6-25)23(37)18-10-15-11-32-33-19(15)12-31-18/h1-3,10-12,16,30H,4-9,13-14H2,(H,32,33)/t16-/m1/s1. The number of aromatic nitrogens is 3. The van der Waals surface area contributed by atoms with E-state index in [1.54, 1.807) is 30.5 Å². The third kappa shape index (κ3) is 3.85. The van der Waals surface area contributed by atoms with Crippen LogP contribution in [0.3, 0.4) is 0 Å². The van der Waals surface area contributed by atoms with E-state index in [2.05, 4.69) is 20.5 Å². The minimum Gasteiger partial charge on any atom is -0.341 e. The van der Waals surface area contributed by atoms with Gasteiger partial charge in [-0.2, -0.15) is 18.3 Å². The van der Waals surface area contributed by atoms with Crippen molar-refractivity contribution in [2.24, 2.45) is 5.92 Å². The van der Waals surface area contributed by atoms with Crippen LogP contribution in [0.4, 0.5) is 18.9 Å². The fraction of sp³-hybridized carbons (Fsp3) is 0.423. The first-order valence-corrected chi connectivity index (χ1v) is 12.5. The number of hydrogen-bond donors (Lipinski definition) is 2. The number of carbonyl (C=O) groups is 3. The third-order valence-corrected chi connectivity index (χ3v) is 8.02. The van der Waals surface area contributed by atoms with Crippen LogP contribution in [0.1, 0.15) is 40.9 Å². The van der Waals surface area contributed by atoms with Crippen LogP contribution in [0.25, 0.3) is 10.9 Å².